The van der Waals surface area contributed by atoms with Crippen molar-refractivity contribution in [2.75, 3.05) is 6.61 Å². The summed E-state index contributed by atoms with van der Waals surface area (Å²) in [5, 5.41) is 3.76. The predicted octanol–water partition coefficient (Wildman–Crippen LogP) is 2.74. The zero-order chi connectivity index (χ0) is 11.8. The van der Waals surface area contributed by atoms with E-state index < -0.39 is 0 Å². The highest BCUT2D eigenvalue weighted by Crippen LogP contribution is 2.51. The minimum atomic E-state index is 0.292. The Morgan fingerprint density at radius 1 is 1.56 bits per heavy atom. The zero-order valence-corrected chi connectivity index (χ0v) is 10.8. The third kappa shape index (κ3) is 1.93. The van der Waals surface area contributed by atoms with Crippen LogP contribution in [-0.4, -0.2) is 24.8 Å². The van der Waals surface area contributed by atoms with Crippen molar-refractivity contribution in [1.82, 2.24) is 5.32 Å². The largest absolute Gasteiger partial charge is 0.377 e. The number of hydrogen-bond donors (Lipinski definition) is 1. The first-order valence-electron chi connectivity index (χ1n) is 6.56. The summed E-state index contributed by atoms with van der Waals surface area (Å²) in [6, 6.07) is 1.15. The summed E-state index contributed by atoms with van der Waals surface area (Å²) in [5.41, 5.74) is 0.292. The Balaban J connectivity index is 1.96. The first-order valence-corrected chi connectivity index (χ1v) is 6.56. The second kappa shape index (κ2) is 4.50. The summed E-state index contributed by atoms with van der Waals surface area (Å²) in [6.45, 7) is 11.7. The van der Waals surface area contributed by atoms with Crippen LogP contribution in [0.3, 0.4) is 0 Å². The summed E-state index contributed by atoms with van der Waals surface area (Å²) in [4.78, 5) is 0. The first kappa shape index (κ1) is 12.1. The van der Waals surface area contributed by atoms with Gasteiger partial charge in [-0.1, -0.05) is 19.9 Å². The van der Waals surface area contributed by atoms with Gasteiger partial charge in [0.25, 0.3) is 0 Å². The van der Waals surface area contributed by atoms with Crippen molar-refractivity contribution in [1.29, 1.82) is 0 Å². The summed E-state index contributed by atoms with van der Waals surface area (Å²) in [6.07, 6.45) is 6.08. The molecule has 0 bridgehead atoms. The van der Waals surface area contributed by atoms with E-state index in [1.807, 2.05) is 6.08 Å². The van der Waals surface area contributed by atoms with Crippen LogP contribution in [0.2, 0.25) is 0 Å². The van der Waals surface area contributed by atoms with Gasteiger partial charge in [0, 0.05) is 30.0 Å². The van der Waals surface area contributed by atoms with Crippen molar-refractivity contribution < 1.29 is 4.74 Å². The zero-order valence-electron chi connectivity index (χ0n) is 10.8. The second-order valence-electron chi connectivity index (χ2n) is 5.99. The summed E-state index contributed by atoms with van der Waals surface area (Å²) < 4.78 is 5.90. The van der Waals surface area contributed by atoms with Crippen LogP contribution in [0.1, 0.15) is 40.0 Å². The minimum Gasteiger partial charge on any atom is -0.377 e. The van der Waals surface area contributed by atoms with Gasteiger partial charge in [-0.05, 0) is 26.2 Å². The molecule has 1 saturated heterocycles. The Hall–Kier alpha value is -0.340. The van der Waals surface area contributed by atoms with E-state index in [2.05, 4.69) is 32.7 Å². The molecule has 1 aliphatic carbocycles. The molecule has 0 amide bonds. The fraction of sp³-hybridized carbons (Fsp3) is 0.857. The molecule has 0 spiro atoms. The fourth-order valence-electron chi connectivity index (χ4n) is 3.49. The van der Waals surface area contributed by atoms with Crippen LogP contribution < -0.4 is 5.32 Å². The fourth-order valence-corrected chi connectivity index (χ4v) is 3.49. The van der Waals surface area contributed by atoms with E-state index in [1.165, 1.54) is 12.8 Å². The quantitative estimate of drug-likeness (QED) is 0.740. The third-order valence-electron chi connectivity index (χ3n) is 4.32. The molecular formula is C14H25NO. The van der Waals surface area contributed by atoms with Gasteiger partial charge in [-0.25, -0.2) is 0 Å². The molecule has 0 radical (unpaired) electrons. The van der Waals surface area contributed by atoms with Crippen LogP contribution in [0, 0.1) is 11.3 Å². The van der Waals surface area contributed by atoms with Crippen LogP contribution in [0.25, 0.3) is 0 Å². The number of ether oxygens (including phenoxy) is 1. The molecule has 16 heavy (non-hydrogen) atoms. The van der Waals surface area contributed by atoms with Gasteiger partial charge in [0.2, 0.25) is 0 Å². The Morgan fingerprint density at radius 2 is 2.31 bits per heavy atom. The summed E-state index contributed by atoms with van der Waals surface area (Å²) in [7, 11) is 0. The lowest BCUT2D eigenvalue weighted by atomic mass is 9.55. The molecular weight excluding hydrogens is 198 g/mol. The molecule has 2 rings (SSSR count). The van der Waals surface area contributed by atoms with Gasteiger partial charge < -0.3 is 10.1 Å². The van der Waals surface area contributed by atoms with Gasteiger partial charge >= 0.3 is 0 Å². The number of hydrogen-bond acceptors (Lipinski definition) is 2. The average Bonchev–Trinajstić information content (AvgIpc) is 2.26. The molecule has 4 unspecified atom stereocenters. The predicted molar refractivity (Wildman–Crippen MR) is 67.4 cm³/mol. The first-order chi connectivity index (χ1) is 7.57. The monoisotopic (exact) mass is 223 g/mol. The van der Waals surface area contributed by atoms with Crippen LogP contribution >= 0.6 is 0 Å². The Bertz CT molecular complexity index is 261. The van der Waals surface area contributed by atoms with Gasteiger partial charge in [0.15, 0.2) is 0 Å². The highest BCUT2D eigenvalue weighted by Gasteiger charge is 2.57. The topological polar surface area (TPSA) is 21.3 Å². The molecule has 1 N–H and O–H groups in total. The number of fused-ring (bicyclic) bond motifs is 1. The highest BCUT2D eigenvalue weighted by molar-refractivity contribution is 5.10. The molecule has 4 atom stereocenters. The number of rotatable bonds is 4. The van der Waals surface area contributed by atoms with E-state index in [9.17, 15) is 0 Å². The van der Waals surface area contributed by atoms with Crippen molar-refractivity contribution in [3.05, 3.63) is 12.7 Å². The molecule has 1 aliphatic heterocycles. The van der Waals surface area contributed by atoms with Gasteiger partial charge in [-0.2, -0.15) is 0 Å². The lowest BCUT2D eigenvalue weighted by molar-refractivity contribution is -0.194. The molecule has 2 fully saturated rings. The molecule has 1 heterocycles. The highest BCUT2D eigenvalue weighted by atomic mass is 16.5. The van der Waals surface area contributed by atoms with Crippen molar-refractivity contribution >= 4 is 0 Å². The average molecular weight is 223 g/mol. The Labute approximate surface area is 99.4 Å². The van der Waals surface area contributed by atoms with Crippen molar-refractivity contribution in [3.8, 4) is 0 Å². The second-order valence-corrected chi connectivity index (χ2v) is 5.99. The normalized spacial score (nSPS) is 38.3. The molecule has 2 aliphatic rings. The van der Waals surface area contributed by atoms with Gasteiger partial charge in [0.05, 0.1) is 6.10 Å². The molecule has 2 heteroatoms. The minimum absolute atomic E-state index is 0.292. The van der Waals surface area contributed by atoms with Gasteiger partial charge in [-0.3, -0.25) is 0 Å². The van der Waals surface area contributed by atoms with Crippen molar-refractivity contribution in [3.63, 3.8) is 0 Å². The molecule has 0 aromatic heterocycles. The maximum Gasteiger partial charge on any atom is 0.0684 e. The van der Waals surface area contributed by atoms with E-state index in [0.29, 0.717) is 23.6 Å². The van der Waals surface area contributed by atoms with E-state index in [1.54, 1.807) is 0 Å². The van der Waals surface area contributed by atoms with E-state index in [0.717, 1.165) is 18.9 Å². The lowest BCUT2D eigenvalue weighted by Gasteiger charge is -2.60. The molecule has 92 valence electrons. The van der Waals surface area contributed by atoms with E-state index in [-0.39, 0.29) is 0 Å². The third-order valence-corrected chi connectivity index (χ3v) is 4.32. The van der Waals surface area contributed by atoms with Crippen LogP contribution in [0.4, 0.5) is 0 Å². The number of nitrogens with one attached hydrogen (secondary N) is 1. The van der Waals surface area contributed by atoms with E-state index in [4.69, 9.17) is 4.74 Å². The summed E-state index contributed by atoms with van der Waals surface area (Å²) >= 11 is 0. The maximum absolute atomic E-state index is 5.90. The van der Waals surface area contributed by atoms with E-state index >= 15 is 0 Å². The smallest absolute Gasteiger partial charge is 0.0684 e. The SMILES string of the molecule is C=CCC(C)NC1C2CCCOC2C1(C)C. The van der Waals surface area contributed by atoms with Gasteiger partial charge in [-0.15, -0.1) is 6.58 Å². The molecule has 2 nitrogen and oxygen atoms in total. The molecule has 1 saturated carbocycles. The van der Waals surface area contributed by atoms with Crippen molar-refractivity contribution in [2.24, 2.45) is 11.3 Å². The van der Waals surface area contributed by atoms with Crippen molar-refractivity contribution in [2.45, 2.75) is 58.2 Å². The summed E-state index contributed by atoms with van der Waals surface area (Å²) in [5.74, 6) is 0.732. The standard InChI is InChI=1S/C14H25NO/c1-5-7-10(2)15-12-11-8-6-9-16-13(11)14(12,3)4/h5,10-13,15H,1,6-9H2,2-4H3. The van der Waals surface area contributed by atoms with Gasteiger partial charge in [0.1, 0.15) is 0 Å². The van der Waals surface area contributed by atoms with Crippen LogP contribution in [0.15, 0.2) is 12.7 Å². The molecule has 0 aromatic carbocycles. The Kier molecular flexibility index (Phi) is 3.41. The van der Waals surface area contributed by atoms with Crippen LogP contribution in [0.5, 0.6) is 0 Å². The molecule has 0 aromatic rings. The Morgan fingerprint density at radius 3 is 3.00 bits per heavy atom. The lowest BCUT2D eigenvalue weighted by Crippen LogP contribution is -2.70. The van der Waals surface area contributed by atoms with Crippen LogP contribution in [-0.2, 0) is 4.74 Å². The maximum atomic E-state index is 5.90.